The molecule has 1 unspecified atom stereocenters. The quantitative estimate of drug-likeness (QED) is 0.767. The number of carbonyl (C=O) groups excluding carboxylic acids is 1. The standard InChI is InChI=1S/C18H26F3NO2/c1-11-8-12(18(19,20)21)10-13(9-11)22-14(16(2,3)4)15(23)24-17(5,6)7/h8-10,14,22H,1-7H3. The summed E-state index contributed by atoms with van der Waals surface area (Å²) in [5.74, 6) is -0.495. The average Bonchev–Trinajstić information content (AvgIpc) is 2.30. The smallest absolute Gasteiger partial charge is 0.416 e. The number of alkyl halides is 3. The second kappa shape index (κ2) is 6.65. The lowest BCUT2D eigenvalue weighted by molar-refractivity contribution is -0.158. The van der Waals surface area contributed by atoms with Crippen molar-refractivity contribution in [2.24, 2.45) is 5.41 Å². The summed E-state index contributed by atoms with van der Waals surface area (Å²) in [5, 5.41) is 2.92. The zero-order valence-corrected chi connectivity index (χ0v) is 15.3. The van der Waals surface area contributed by atoms with Crippen LogP contribution in [0.1, 0.15) is 52.7 Å². The van der Waals surface area contributed by atoms with Gasteiger partial charge in [0.2, 0.25) is 0 Å². The molecule has 1 rings (SSSR count). The summed E-state index contributed by atoms with van der Waals surface area (Å²) in [6.07, 6.45) is -4.44. The number of hydrogen-bond acceptors (Lipinski definition) is 3. The van der Waals surface area contributed by atoms with Gasteiger partial charge in [0.1, 0.15) is 11.6 Å². The zero-order valence-electron chi connectivity index (χ0n) is 15.3. The van der Waals surface area contributed by atoms with Gasteiger partial charge in [-0.15, -0.1) is 0 Å². The first-order valence-corrected chi connectivity index (χ1v) is 7.78. The summed E-state index contributed by atoms with van der Waals surface area (Å²) in [5.41, 5.74) is -1.25. The minimum atomic E-state index is -4.44. The number of nitrogens with one attached hydrogen (secondary N) is 1. The summed E-state index contributed by atoms with van der Waals surface area (Å²) in [6, 6.07) is 2.89. The van der Waals surface area contributed by atoms with Crippen LogP contribution in [0.2, 0.25) is 0 Å². The van der Waals surface area contributed by atoms with Crippen molar-refractivity contribution in [2.45, 2.75) is 66.3 Å². The first-order valence-electron chi connectivity index (χ1n) is 7.78. The van der Waals surface area contributed by atoms with Crippen molar-refractivity contribution in [3.63, 3.8) is 0 Å². The van der Waals surface area contributed by atoms with Crippen LogP contribution in [0.3, 0.4) is 0 Å². The molecule has 0 saturated carbocycles. The maximum Gasteiger partial charge on any atom is 0.416 e. The highest BCUT2D eigenvalue weighted by Gasteiger charge is 2.36. The van der Waals surface area contributed by atoms with Crippen LogP contribution in [0.5, 0.6) is 0 Å². The van der Waals surface area contributed by atoms with Gasteiger partial charge in [-0.25, -0.2) is 4.79 Å². The Kier molecular flexibility index (Phi) is 5.63. The Morgan fingerprint density at radius 2 is 1.58 bits per heavy atom. The Balaban J connectivity index is 3.17. The van der Waals surface area contributed by atoms with Crippen LogP contribution >= 0.6 is 0 Å². The second-order valence-corrected chi connectivity index (χ2v) is 8.06. The molecule has 3 nitrogen and oxygen atoms in total. The molecule has 0 aliphatic heterocycles. The van der Waals surface area contributed by atoms with Crippen molar-refractivity contribution in [2.75, 3.05) is 5.32 Å². The highest BCUT2D eigenvalue weighted by Crippen LogP contribution is 2.33. The Labute approximate surface area is 141 Å². The first kappa shape index (κ1) is 20.3. The van der Waals surface area contributed by atoms with E-state index in [2.05, 4.69) is 5.32 Å². The van der Waals surface area contributed by atoms with E-state index in [-0.39, 0.29) is 5.69 Å². The number of benzene rings is 1. The third-order valence-corrected chi connectivity index (χ3v) is 3.22. The molecule has 0 amide bonds. The van der Waals surface area contributed by atoms with Gasteiger partial charge in [0.25, 0.3) is 0 Å². The number of esters is 1. The average molecular weight is 345 g/mol. The number of ether oxygens (including phenoxy) is 1. The molecule has 1 atom stereocenters. The van der Waals surface area contributed by atoms with Gasteiger partial charge in [0.15, 0.2) is 0 Å². The molecule has 0 fully saturated rings. The first-order chi connectivity index (χ1) is 10.6. The molecule has 1 aromatic rings. The van der Waals surface area contributed by atoms with E-state index >= 15 is 0 Å². The fourth-order valence-electron chi connectivity index (χ4n) is 2.19. The van der Waals surface area contributed by atoms with E-state index in [1.54, 1.807) is 33.8 Å². The van der Waals surface area contributed by atoms with Gasteiger partial charge >= 0.3 is 12.1 Å². The fourth-order valence-corrected chi connectivity index (χ4v) is 2.19. The number of anilines is 1. The summed E-state index contributed by atoms with van der Waals surface area (Å²) in [4.78, 5) is 12.5. The van der Waals surface area contributed by atoms with E-state index < -0.39 is 34.8 Å². The van der Waals surface area contributed by atoms with Crippen LogP contribution in [0.4, 0.5) is 18.9 Å². The lowest BCUT2D eigenvalue weighted by atomic mass is 9.86. The zero-order chi connectivity index (χ0) is 18.9. The lowest BCUT2D eigenvalue weighted by Crippen LogP contribution is -2.44. The maximum absolute atomic E-state index is 13.0. The summed E-state index contributed by atoms with van der Waals surface area (Å²) in [6.45, 7) is 12.3. The highest BCUT2D eigenvalue weighted by atomic mass is 19.4. The van der Waals surface area contributed by atoms with Crippen LogP contribution in [0.25, 0.3) is 0 Å². The van der Waals surface area contributed by atoms with E-state index in [0.717, 1.165) is 12.1 Å². The summed E-state index contributed by atoms with van der Waals surface area (Å²) < 4.78 is 44.3. The SMILES string of the molecule is Cc1cc(NC(C(=O)OC(C)(C)C)C(C)(C)C)cc(C(F)(F)F)c1. The van der Waals surface area contributed by atoms with Gasteiger partial charge in [-0.3, -0.25) is 0 Å². The Bertz CT molecular complexity index is 596. The van der Waals surface area contributed by atoms with Crippen LogP contribution in [0, 0.1) is 12.3 Å². The molecule has 0 aliphatic carbocycles. The molecule has 1 N–H and O–H groups in total. The van der Waals surface area contributed by atoms with Gasteiger partial charge in [-0.1, -0.05) is 20.8 Å². The number of rotatable bonds is 3. The maximum atomic E-state index is 13.0. The Morgan fingerprint density at radius 3 is 2.00 bits per heavy atom. The number of carbonyl (C=O) groups is 1. The lowest BCUT2D eigenvalue weighted by Gasteiger charge is -2.33. The highest BCUT2D eigenvalue weighted by molar-refractivity contribution is 5.80. The minimum absolute atomic E-state index is 0.244. The molecule has 0 aliphatic rings. The van der Waals surface area contributed by atoms with Crippen molar-refractivity contribution in [1.82, 2.24) is 0 Å². The largest absolute Gasteiger partial charge is 0.458 e. The minimum Gasteiger partial charge on any atom is -0.458 e. The molecule has 0 heterocycles. The molecule has 0 saturated heterocycles. The van der Waals surface area contributed by atoms with Crippen molar-refractivity contribution in [1.29, 1.82) is 0 Å². The molecule has 0 spiro atoms. The van der Waals surface area contributed by atoms with Crippen molar-refractivity contribution in [3.05, 3.63) is 29.3 Å². The van der Waals surface area contributed by atoms with Gasteiger partial charge < -0.3 is 10.1 Å². The second-order valence-electron chi connectivity index (χ2n) is 8.06. The van der Waals surface area contributed by atoms with E-state index in [0.29, 0.717) is 5.56 Å². The van der Waals surface area contributed by atoms with Gasteiger partial charge in [0.05, 0.1) is 5.56 Å². The van der Waals surface area contributed by atoms with Crippen molar-refractivity contribution >= 4 is 11.7 Å². The monoisotopic (exact) mass is 345 g/mol. The predicted octanol–water partition coefficient (Wildman–Crippen LogP) is 5.18. The molecule has 0 radical (unpaired) electrons. The molecular weight excluding hydrogens is 319 g/mol. The number of aryl methyl sites for hydroxylation is 1. The van der Waals surface area contributed by atoms with Gasteiger partial charge in [-0.2, -0.15) is 13.2 Å². The van der Waals surface area contributed by atoms with E-state index in [4.69, 9.17) is 4.74 Å². The van der Waals surface area contributed by atoms with E-state index in [1.165, 1.54) is 0 Å². The number of halogens is 3. The van der Waals surface area contributed by atoms with Crippen LogP contribution in [-0.2, 0) is 15.7 Å². The van der Waals surface area contributed by atoms with Gasteiger partial charge in [0, 0.05) is 5.69 Å². The molecule has 136 valence electrons. The van der Waals surface area contributed by atoms with Gasteiger partial charge in [-0.05, 0) is 56.9 Å². The van der Waals surface area contributed by atoms with Crippen LogP contribution in [-0.4, -0.2) is 17.6 Å². The third-order valence-electron chi connectivity index (χ3n) is 3.22. The molecule has 0 bridgehead atoms. The Morgan fingerprint density at radius 1 is 1.04 bits per heavy atom. The predicted molar refractivity (Wildman–Crippen MR) is 88.9 cm³/mol. The topological polar surface area (TPSA) is 38.3 Å². The summed E-state index contributed by atoms with van der Waals surface area (Å²) in [7, 11) is 0. The van der Waals surface area contributed by atoms with Crippen molar-refractivity contribution < 1.29 is 22.7 Å². The summed E-state index contributed by atoms with van der Waals surface area (Å²) >= 11 is 0. The third kappa shape index (κ3) is 6.06. The molecule has 6 heteroatoms. The van der Waals surface area contributed by atoms with Crippen LogP contribution in [0.15, 0.2) is 18.2 Å². The normalized spacial score (nSPS) is 14.2. The van der Waals surface area contributed by atoms with Crippen molar-refractivity contribution in [3.8, 4) is 0 Å². The van der Waals surface area contributed by atoms with E-state index in [1.807, 2.05) is 20.8 Å². The van der Waals surface area contributed by atoms with Crippen LogP contribution < -0.4 is 5.32 Å². The molecule has 0 aromatic heterocycles. The fraction of sp³-hybridized carbons (Fsp3) is 0.611. The number of hydrogen-bond donors (Lipinski definition) is 1. The molecule has 24 heavy (non-hydrogen) atoms. The molecular formula is C18H26F3NO2. The Hall–Kier alpha value is -1.72. The molecule has 1 aromatic carbocycles. The van der Waals surface area contributed by atoms with E-state index in [9.17, 15) is 18.0 Å².